The van der Waals surface area contributed by atoms with E-state index in [1.54, 1.807) is 7.05 Å². The first kappa shape index (κ1) is 16.3. The molecule has 6 nitrogen and oxygen atoms in total. The van der Waals surface area contributed by atoms with Crippen LogP contribution in [0.2, 0.25) is 0 Å². The predicted octanol–water partition coefficient (Wildman–Crippen LogP) is 1.42. The molecule has 2 aromatic rings. The summed E-state index contributed by atoms with van der Waals surface area (Å²) in [7, 11) is 1.61. The minimum atomic E-state index is -4.39. The number of hydrogen-bond donors (Lipinski definition) is 1. The third-order valence-electron chi connectivity index (χ3n) is 2.85. The average Bonchev–Trinajstić information content (AvgIpc) is 2.83. The van der Waals surface area contributed by atoms with Gasteiger partial charge in [-0.05, 0) is 34.5 Å². The van der Waals surface area contributed by atoms with Crippen molar-refractivity contribution < 1.29 is 18.0 Å². The van der Waals surface area contributed by atoms with Crippen LogP contribution in [0.5, 0.6) is 0 Å². The second-order valence-electron chi connectivity index (χ2n) is 4.49. The highest BCUT2D eigenvalue weighted by Gasteiger charge is 2.30. The van der Waals surface area contributed by atoms with E-state index in [0.29, 0.717) is 10.7 Å². The molecule has 0 aliphatic heterocycles. The van der Waals surface area contributed by atoms with E-state index < -0.39 is 22.9 Å². The van der Waals surface area contributed by atoms with Crippen molar-refractivity contribution >= 4 is 17.7 Å². The van der Waals surface area contributed by atoms with E-state index in [2.05, 4.69) is 15.5 Å². The number of tetrazole rings is 1. The van der Waals surface area contributed by atoms with Crippen LogP contribution in [0.4, 0.5) is 13.2 Å². The van der Waals surface area contributed by atoms with E-state index in [1.807, 2.05) is 0 Å². The molecule has 2 rings (SSSR count). The van der Waals surface area contributed by atoms with Crippen LogP contribution < -0.4 is 5.73 Å². The lowest BCUT2D eigenvalue weighted by atomic mass is 10.1. The number of aromatic nitrogens is 4. The Balaban J connectivity index is 2.11. The number of rotatable bonds is 5. The molecule has 0 saturated carbocycles. The lowest BCUT2D eigenvalue weighted by Crippen LogP contribution is -2.28. The molecule has 0 spiro atoms. The topological polar surface area (TPSA) is 86.7 Å². The zero-order valence-corrected chi connectivity index (χ0v) is 12.2. The quantitative estimate of drug-likeness (QED) is 0.837. The first-order valence-corrected chi connectivity index (χ1v) is 7.00. The molecule has 1 amide bonds. The minimum Gasteiger partial charge on any atom is -0.369 e. The summed E-state index contributed by atoms with van der Waals surface area (Å²) in [5, 5.41) is 10.5. The van der Waals surface area contributed by atoms with E-state index >= 15 is 0 Å². The predicted molar refractivity (Wildman–Crippen MR) is 72.8 cm³/mol. The average molecular weight is 331 g/mol. The van der Waals surface area contributed by atoms with Gasteiger partial charge in [0.25, 0.3) is 0 Å². The number of carbonyl (C=O) groups excluding carboxylic acids is 1. The lowest BCUT2D eigenvalue weighted by molar-refractivity contribution is -0.137. The summed E-state index contributed by atoms with van der Waals surface area (Å²) in [6, 6.07) is 4.60. The normalized spacial score (nSPS) is 13.1. The van der Waals surface area contributed by atoms with Gasteiger partial charge >= 0.3 is 6.18 Å². The van der Waals surface area contributed by atoms with Crippen molar-refractivity contribution in [3.63, 3.8) is 0 Å². The van der Waals surface area contributed by atoms with Crippen molar-refractivity contribution in [2.45, 2.75) is 23.0 Å². The van der Waals surface area contributed by atoms with Crippen molar-refractivity contribution in [3.8, 4) is 0 Å². The molecule has 22 heavy (non-hydrogen) atoms. The van der Waals surface area contributed by atoms with Crippen molar-refractivity contribution in [2.75, 3.05) is 0 Å². The van der Waals surface area contributed by atoms with Crippen LogP contribution in [0.3, 0.4) is 0 Å². The Morgan fingerprint density at radius 1 is 1.36 bits per heavy atom. The molecule has 0 bridgehead atoms. The maximum atomic E-state index is 12.5. The molecule has 1 heterocycles. The summed E-state index contributed by atoms with van der Waals surface area (Å²) in [5.41, 5.74) is 5.16. The van der Waals surface area contributed by atoms with E-state index in [0.717, 1.165) is 23.9 Å². The van der Waals surface area contributed by atoms with Crippen LogP contribution in [0, 0.1) is 0 Å². The van der Waals surface area contributed by atoms with Gasteiger partial charge in [-0.2, -0.15) is 13.2 Å². The number of nitrogens with two attached hydrogens (primary N) is 1. The van der Waals surface area contributed by atoms with Gasteiger partial charge in [0.15, 0.2) is 0 Å². The van der Waals surface area contributed by atoms with E-state index in [-0.39, 0.29) is 6.42 Å². The fourth-order valence-electron chi connectivity index (χ4n) is 1.69. The third kappa shape index (κ3) is 3.97. The minimum absolute atomic E-state index is 0.186. The van der Waals surface area contributed by atoms with Crippen LogP contribution in [-0.2, 0) is 24.4 Å². The lowest BCUT2D eigenvalue weighted by Gasteiger charge is -2.13. The van der Waals surface area contributed by atoms with E-state index in [1.165, 1.54) is 16.8 Å². The van der Waals surface area contributed by atoms with Crippen LogP contribution in [-0.4, -0.2) is 31.4 Å². The van der Waals surface area contributed by atoms with E-state index in [4.69, 9.17) is 5.73 Å². The maximum absolute atomic E-state index is 12.5. The number of nitrogens with zero attached hydrogens (tertiary/aromatic N) is 4. The Kier molecular flexibility index (Phi) is 4.69. The standard InChI is InChI=1S/C12H12F3N5OS/c1-20-11(17-18-19-20)22-9(10(16)21)6-7-2-4-8(5-3-7)12(13,14)15/h2-5,9H,6H2,1H3,(H2,16,21)/t9-/m1/s1. The number of thioether (sulfide) groups is 1. The summed E-state index contributed by atoms with van der Waals surface area (Å²) in [6.45, 7) is 0. The van der Waals surface area contributed by atoms with Crippen molar-refractivity contribution in [1.82, 2.24) is 20.2 Å². The fourth-order valence-corrected chi connectivity index (χ4v) is 2.61. The van der Waals surface area contributed by atoms with Gasteiger partial charge in [-0.15, -0.1) is 5.10 Å². The van der Waals surface area contributed by atoms with Crippen LogP contribution >= 0.6 is 11.8 Å². The molecule has 0 aliphatic rings. The molecule has 1 atom stereocenters. The number of amides is 1. The van der Waals surface area contributed by atoms with Gasteiger partial charge < -0.3 is 5.73 Å². The SMILES string of the molecule is Cn1nnnc1S[C@H](Cc1ccc(C(F)(F)F)cc1)C(N)=O. The van der Waals surface area contributed by atoms with Crippen LogP contribution in [0.25, 0.3) is 0 Å². The van der Waals surface area contributed by atoms with Crippen molar-refractivity contribution in [2.24, 2.45) is 12.8 Å². The number of carbonyl (C=O) groups is 1. The first-order chi connectivity index (χ1) is 10.3. The smallest absolute Gasteiger partial charge is 0.369 e. The highest BCUT2D eigenvalue weighted by Crippen LogP contribution is 2.30. The fraction of sp³-hybridized carbons (Fsp3) is 0.333. The second-order valence-corrected chi connectivity index (χ2v) is 5.66. The second kappa shape index (κ2) is 6.34. The zero-order valence-electron chi connectivity index (χ0n) is 11.4. The molecule has 118 valence electrons. The van der Waals surface area contributed by atoms with Gasteiger partial charge in [0, 0.05) is 7.05 Å². The Morgan fingerprint density at radius 2 is 2.00 bits per heavy atom. The van der Waals surface area contributed by atoms with E-state index in [9.17, 15) is 18.0 Å². The zero-order chi connectivity index (χ0) is 16.3. The van der Waals surface area contributed by atoms with Crippen molar-refractivity contribution in [3.05, 3.63) is 35.4 Å². The molecular weight excluding hydrogens is 319 g/mol. The highest BCUT2D eigenvalue weighted by molar-refractivity contribution is 8.00. The summed E-state index contributed by atoms with van der Waals surface area (Å²) in [5.74, 6) is -0.590. The molecular formula is C12H12F3N5OS. The largest absolute Gasteiger partial charge is 0.416 e. The number of halogens is 3. The van der Waals surface area contributed by atoms with Gasteiger partial charge in [-0.3, -0.25) is 4.79 Å². The third-order valence-corrected chi connectivity index (χ3v) is 4.09. The molecule has 0 unspecified atom stereocenters. The molecule has 0 fully saturated rings. The Labute approximate surface area is 127 Å². The summed E-state index contributed by atoms with van der Waals surface area (Å²) in [6.07, 6.45) is -4.20. The molecule has 0 radical (unpaired) electrons. The number of hydrogen-bond acceptors (Lipinski definition) is 5. The Morgan fingerprint density at radius 3 is 2.45 bits per heavy atom. The molecule has 2 N–H and O–H groups in total. The summed E-state index contributed by atoms with van der Waals surface area (Å²) in [4.78, 5) is 11.5. The number of alkyl halides is 3. The van der Waals surface area contributed by atoms with Gasteiger partial charge in [0.05, 0.1) is 10.8 Å². The molecule has 0 saturated heterocycles. The molecule has 1 aromatic heterocycles. The number of aryl methyl sites for hydroxylation is 1. The highest BCUT2D eigenvalue weighted by atomic mass is 32.2. The maximum Gasteiger partial charge on any atom is 0.416 e. The Hall–Kier alpha value is -2.10. The number of primary amides is 1. The van der Waals surface area contributed by atoms with Crippen molar-refractivity contribution in [1.29, 1.82) is 0 Å². The molecule has 10 heteroatoms. The van der Waals surface area contributed by atoms with Gasteiger partial charge in [-0.25, -0.2) is 4.68 Å². The summed E-state index contributed by atoms with van der Waals surface area (Å²) >= 11 is 1.06. The molecule has 0 aliphatic carbocycles. The first-order valence-electron chi connectivity index (χ1n) is 6.12. The monoisotopic (exact) mass is 331 g/mol. The van der Waals surface area contributed by atoms with Crippen LogP contribution in [0.1, 0.15) is 11.1 Å². The van der Waals surface area contributed by atoms with Gasteiger partial charge in [0.2, 0.25) is 11.1 Å². The van der Waals surface area contributed by atoms with Gasteiger partial charge in [0.1, 0.15) is 0 Å². The van der Waals surface area contributed by atoms with Gasteiger partial charge in [-0.1, -0.05) is 23.9 Å². The summed E-state index contributed by atoms with van der Waals surface area (Å²) < 4.78 is 38.9. The number of benzene rings is 1. The Bertz CT molecular complexity index is 656. The molecule has 1 aromatic carbocycles. The van der Waals surface area contributed by atoms with Crippen LogP contribution in [0.15, 0.2) is 29.4 Å².